The first-order valence-corrected chi connectivity index (χ1v) is 9.73. The number of nitrogens with one attached hydrogen (secondary N) is 1. The lowest BCUT2D eigenvalue weighted by Gasteiger charge is -2.35. The third-order valence-corrected chi connectivity index (χ3v) is 5.65. The maximum Gasteiger partial charge on any atom is 0.511 e. The van der Waals surface area contributed by atoms with Gasteiger partial charge in [-0.1, -0.05) is 0 Å². The van der Waals surface area contributed by atoms with Gasteiger partial charge in [0, 0.05) is 25.2 Å². The Labute approximate surface area is 166 Å². The highest BCUT2D eigenvalue weighted by molar-refractivity contribution is 5.92. The normalized spacial score (nSPS) is 19.4. The summed E-state index contributed by atoms with van der Waals surface area (Å²) >= 11 is 0. The molecular formula is C20H24FN3O5. The topological polar surface area (TPSA) is 93.0 Å². The number of anilines is 1. The molecule has 1 aliphatic carbocycles. The van der Waals surface area contributed by atoms with Crippen LogP contribution in [0.2, 0.25) is 0 Å². The van der Waals surface area contributed by atoms with Gasteiger partial charge in [-0.3, -0.25) is 4.79 Å². The number of likely N-dealkylation sites (N-methyl/N-ethyl adjacent to an activating group) is 1. The van der Waals surface area contributed by atoms with E-state index in [0.717, 1.165) is 25.7 Å². The molecule has 0 radical (unpaired) electrons. The van der Waals surface area contributed by atoms with Gasteiger partial charge in [-0.15, -0.1) is 0 Å². The van der Waals surface area contributed by atoms with Crippen molar-refractivity contribution < 1.29 is 23.8 Å². The van der Waals surface area contributed by atoms with Crippen LogP contribution in [0.1, 0.15) is 31.7 Å². The zero-order valence-electron chi connectivity index (χ0n) is 16.4. The highest BCUT2D eigenvalue weighted by atomic mass is 19.1. The second-order valence-corrected chi connectivity index (χ2v) is 7.54. The average molecular weight is 405 g/mol. The van der Waals surface area contributed by atoms with Crippen LogP contribution in [0.4, 0.5) is 14.9 Å². The first kappa shape index (κ1) is 19.5. The minimum absolute atomic E-state index is 0.0518. The molecule has 1 aromatic heterocycles. The fourth-order valence-corrected chi connectivity index (χ4v) is 4.13. The number of hydrogen-bond acceptors (Lipinski definition) is 6. The van der Waals surface area contributed by atoms with Crippen LogP contribution < -0.4 is 25.1 Å². The van der Waals surface area contributed by atoms with Gasteiger partial charge in [0.1, 0.15) is 5.69 Å². The lowest BCUT2D eigenvalue weighted by atomic mass is 10.0. The fraction of sp³-hybridized carbons (Fsp3) is 0.500. The van der Waals surface area contributed by atoms with Crippen molar-refractivity contribution in [2.75, 3.05) is 32.1 Å². The van der Waals surface area contributed by atoms with Crippen molar-refractivity contribution >= 4 is 22.7 Å². The molecule has 2 aromatic rings. The average Bonchev–Trinajstić information content (AvgIpc) is 3.54. The Hall–Kier alpha value is -2.81. The van der Waals surface area contributed by atoms with E-state index in [2.05, 4.69) is 10.1 Å². The lowest BCUT2D eigenvalue weighted by molar-refractivity contribution is 0.143. The van der Waals surface area contributed by atoms with E-state index in [-0.39, 0.29) is 23.2 Å². The molecule has 8 nitrogen and oxygen atoms in total. The molecule has 2 aliphatic rings. The molecule has 1 atom stereocenters. The SMILES string of the molecule is CNC1CCCN(c2c(F)cc3c(=O)c(OC(=O)O)cn(C4CC4)c3c2OC)C1. The molecule has 156 valence electrons. The highest BCUT2D eigenvalue weighted by Gasteiger charge is 2.32. The van der Waals surface area contributed by atoms with Crippen LogP contribution in [0.25, 0.3) is 10.9 Å². The zero-order chi connectivity index (χ0) is 20.7. The molecule has 29 heavy (non-hydrogen) atoms. The number of halogens is 1. The third-order valence-electron chi connectivity index (χ3n) is 5.65. The van der Waals surface area contributed by atoms with Crippen LogP contribution >= 0.6 is 0 Å². The molecule has 2 heterocycles. The van der Waals surface area contributed by atoms with Gasteiger partial charge in [-0.05, 0) is 38.8 Å². The number of hydrogen-bond donors (Lipinski definition) is 2. The number of piperidine rings is 1. The molecule has 1 aliphatic heterocycles. The summed E-state index contributed by atoms with van der Waals surface area (Å²) in [5.74, 6) is -0.611. The molecule has 0 amide bonds. The zero-order valence-corrected chi connectivity index (χ0v) is 16.4. The minimum Gasteiger partial charge on any atom is -0.492 e. The summed E-state index contributed by atoms with van der Waals surface area (Å²) in [6.07, 6.45) is 3.49. The number of rotatable bonds is 5. The summed E-state index contributed by atoms with van der Waals surface area (Å²) in [5.41, 5.74) is 0.135. The Morgan fingerprint density at radius 3 is 2.72 bits per heavy atom. The van der Waals surface area contributed by atoms with E-state index in [1.54, 1.807) is 4.57 Å². The predicted molar refractivity (Wildman–Crippen MR) is 106 cm³/mol. The molecule has 0 spiro atoms. The van der Waals surface area contributed by atoms with Gasteiger partial charge in [0.25, 0.3) is 0 Å². The molecule has 2 fully saturated rings. The minimum atomic E-state index is -1.58. The van der Waals surface area contributed by atoms with E-state index in [1.807, 2.05) is 11.9 Å². The van der Waals surface area contributed by atoms with Crippen molar-refractivity contribution in [1.82, 2.24) is 9.88 Å². The summed E-state index contributed by atoms with van der Waals surface area (Å²) < 4.78 is 27.3. The van der Waals surface area contributed by atoms with Crippen LogP contribution in [0, 0.1) is 5.82 Å². The molecule has 0 bridgehead atoms. The number of pyridine rings is 1. The molecular weight excluding hydrogens is 381 g/mol. The molecule has 1 saturated heterocycles. The third kappa shape index (κ3) is 3.50. The molecule has 1 saturated carbocycles. The number of aromatic nitrogens is 1. The Kier molecular flexibility index (Phi) is 5.08. The smallest absolute Gasteiger partial charge is 0.492 e. The van der Waals surface area contributed by atoms with Gasteiger partial charge < -0.3 is 29.4 Å². The van der Waals surface area contributed by atoms with Crippen molar-refractivity contribution in [3.05, 3.63) is 28.3 Å². The molecule has 1 unspecified atom stereocenters. The standard InChI is InChI=1S/C20H24FN3O5/c1-22-11-4-3-7-23(9-11)17-14(21)8-13-16(19(17)28-2)24(12-5-6-12)10-15(18(13)25)29-20(26)27/h8,10-12,22H,3-7,9H2,1-2H3,(H,26,27). The summed E-state index contributed by atoms with van der Waals surface area (Å²) in [6.45, 7) is 1.31. The van der Waals surface area contributed by atoms with E-state index in [4.69, 9.17) is 9.84 Å². The van der Waals surface area contributed by atoms with Crippen LogP contribution in [-0.2, 0) is 0 Å². The number of carboxylic acid groups (broad SMARTS) is 1. The van der Waals surface area contributed by atoms with Gasteiger partial charge >= 0.3 is 6.16 Å². The first-order chi connectivity index (χ1) is 13.9. The van der Waals surface area contributed by atoms with Gasteiger partial charge in [-0.2, -0.15) is 0 Å². The second-order valence-electron chi connectivity index (χ2n) is 7.54. The number of carbonyl (C=O) groups is 1. The van der Waals surface area contributed by atoms with Gasteiger partial charge in [0.2, 0.25) is 5.43 Å². The van der Waals surface area contributed by atoms with Gasteiger partial charge in [0.05, 0.1) is 24.2 Å². The summed E-state index contributed by atoms with van der Waals surface area (Å²) in [7, 11) is 3.34. The van der Waals surface area contributed by atoms with Crippen molar-refractivity contribution in [1.29, 1.82) is 0 Å². The van der Waals surface area contributed by atoms with Crippen LogP contribution in [0.5, 0.6) is 11.5 Å². The predicted octanol–water partition coefficient (Wildman–Crippen LogP) is 2.73. The van der Waals surface area contributed by atoms with Gasteiger partial charge in [0.15, 0.2) is 17.3 Å². The van der Waals surface area contributed by atoms with E-state index in [9.17, 15) is 9.59 Å². The van der Waals surface area contributed by atoms with Crippen LogP contribution in [-0.4, -0.2) is 49.1 Å². The summed E-state index contributed by atoms with van der Waals surface area (Å²) in [5, 5.41) is 12.2. The number of nitrogens with zero attached hydrogens (tertiary/aromatic N) is 2. The van der Waals surface area contributed by atoms with Crippen LogP contribution in [0.15, 0.2) is 17.1 Å². The Morgan fingerprint density at radius 1 is 1.34 bits per heavy atom. The van der Waals surface area contributed by atoms with Crippen molar-refractivity contribution in [3.63, 3.8) is 0 Å². The molecule has 1 aromatic carbocycles. The monoisotopic (exact) mass is 405 g/mol. The Morgan fingerprint density at radius 2 is 2.10 bits per heavy atom. The van der Waals surface area contributed by atoms with Crippen molar-refractivity contribution in [2.45, 2.75) is 37.8 Å². The number of benzene rings is 1. The largest absolute Gasteiger partial charge is 0.511 e. The Bertz CT molecular complexity index is 1020. The number of ether oxygens (including phenoxy) is 2. The summed E-state index contributed by atoms with van der Waals surface area (Å²) in [6, 6.07) is 1.50. The van der Waals surface area contributed by atoms with Crippen molar-refractivity contribution in [2.24, 2.45) is 0 Å². The van der Waals surface area contributed by atoms with Gasteiger partial charge in [-0.25, -0.2) is 9.18 Å². The van der Waals surface area contributed by atoms with E-state index < -0.39 is 17.4 Å². The van der Waals surface area contributed by atoms with Crippen molar-refractivity contribution in [3.8, 4) is 11.5 Å². The molecule has 9 heteroatoms. The molecule has 4 rings (SSSR count). The van der Waals surface area contributed by atoms with E-state index >= 15 is 4.39 Å². The highest BCUT2D eigenvalue weighted by Crippen LogP contribution is 2.44. The van der Waals surface area contributed by atoms with E-state index in [0.29, 0.717) is 30.0 Å². The number of fused-ring (bicyclic) bond motifs is 1. The summed E-state index contributed by atoms with van der Waals surface area (Å²) in [4.78, 5) is 25.7. The quantitative estimate of drug-likeness (QED) is 0.739. The maximum absolute atomic E-state index is 15.3. The van der Waals surface area contributed by atoms with Crippen LogP contribution in [0.3, 0.4) is 0 Å². The lowest BCUT2D eigenvalue weighted by Crippen LogP contribution is -2.45. The first-order valence-electron chi connectivity index (χ1n) is 9.73. The Balaban J connectivity index is 1.95. The maximum atomic E-state index is 15.3. The van der Waals surface area contributed by atoms with E-state index in [1.165, 1.54) is 19.4 Å². The fourth-order valence-electron chi connectivity index (χ4n) is 4.13. The second kappa shape index (κ2) is 7.55. The molecule has 2 N–H and O–H groups in total. The number of methoxy groups -OCH3 is 1.